The van der Waals surface area contributed by atoms with Crippen molar-refractivity contribution in [2.24, 2.45) is 11.3 Å². The van der Waals surface area contributed by atoms with Crippen LogP contribution in [-0.2, 0) is 14.3 Å². The summed E-state index contributed by atoms with van der Waals surface area (Å²) in [7, 11) is 0. The summed E-state index contributed by atoms with van der Waals surface area (Å²) in [4.78, 5) is 25.8. The zero-order valence-corrected chi connectivity index (χ0v) is 17.1. The first-order chi connectivity index (χ1) is 12.2. The van der Waals surface area contributed by atoms with Gasteiger partial charge in [0.1, 0.15) is 5.78 Å². The van der Waals surface area contributed by atoms with Crippen LogP contribution in [-0.4, -0.2) is 18.4 Å². The molecular weight excluding hydrogens is 394 g/mol. The van der Waals surface area contributed by atoms with Gasteiger partial charge in [0, 0.05) is 28.2 Å². The maximum Gasteiger partial charge on any atom is 0.336 e. The second-order valence-corrected chi connectivity index (χ2v) is 8.45. The smallest absolute Gasteiger partial charge is 0.336 e. The summed E-state index contributed by atoms with van der Waals surface area (Å²) in [5, 5.41) is 3.32. The first kappa shape index (κ1) is 18.9. The molecule has 26 heavy (non-hydrogen) atoms. The van der Waals surface area contributed by atoms with Crippen molar-refractivity contribution in [3.8, 4) is 0 Å². The van der Waals surface area contributed by atoms with Crippen LogP contribution in [0.4, 0.5) is 0 Å². The first-order valence-corrected chi connectivity index (χ1v) is 9.69. The van der Waals surface area contributed by atoms with Crippen LogP contribution in [0.3, 0.4) is 0 Å². The third kappa shape index (κ3) is 3.37. The molecule has 0 radical (unpaired) electrons. The minimum atomic E-state index is -0.398. The van der Waals surface area contributed by atoms with Crippen molar-refractivity contribution < 1.29 is 14.3 Å². The molecule has 0 spiro atoms. The fraction of sp³-hybridized carbons (Fsp3) is 0.429. The van der Waals surface area contributed by atoms with E-state index in [1.165, 1.54) is 0 Å². The standard InChI is InChI=1S/C21H24BrNO3/c1-5-26-20(25)17-12(2)23-15-10-21(3,4)11-16(24)19(15)18(17)13-8-6-7-9-14(13)22/h6-10,18-19,23H,5,11H2,1-4H3. The van der Waals surface area contributed by atoms with Gasteiger partial charge >= 0.3 is 5.97 Å². The van der Waals surface area contributed by atoms with Crippen LogP contribution < -0.4 is 5.32 Å². The van der Waals surface area contributed by atoms with E-state index in [2.05, 4.69) is 41.2 Å². The minimum Gasteiger partial charge on any atom is -0.463 e. The van der Waals surface area contributed by atoms with Gasteiger partial charge in [-0.1, -0.05) is 54.1 Å². The zero-order valence-electron chi connectivity index (χ0n) is 15.6. The van der Waals surface area contributed by atoms with Crippen LogP contribution in [0.2, 0.25) is 0 Å². The monoisotopic (exact) mass is 417 g/mol. The molecule has 2 aliphatic rings. The Morgan fingerprint density at radius 2 is 2.00 bits per heavy atom. The third-order valence-electron chi connectivity index (χ3n) is 4.97. The highest BCUT2D eigenvalue weighted by Crippen LogP contribution is 2.48. The molecule has 4 nitrogen and oxygen atoms in total. The van der Waals surface area contributed by atoms with Crippen molar-refractivity contribution in [3.05, 3.63) is 57.3 Å². The van der Waals surface area contributed by atoms with Crippen LogP contribution in [0.15, 0.2) is 51.8 Å². The number of hydrogen-bond donors (Lipinski definition) is 1. The zero-order chi connectivity index (χ0) is 19.1. The Morgan fingerprint density at radius 1 is 1.31 bits per heavy atom. The van der Waals surface area contributed by atoms with E-state index in [9.17, 15) is 9.59 Å². The van der Waals surface area contributed by atoms with Crippen LogP contribution in [0.25, 0.3) is 0 Å². The number of Topliss-reactive ketones (excluding diaryl/α,β-unsaturated/α-hetero) is 1. The third-order valence-corrected chi connectivity index (χ3v) is 5.70. The van der Waals surface area contributed by atoms with Crippen LogP contribution in [0.1, 0.15) is 45.6 Å². The fourth-order valence-corrected chi connectivity index (χ4v) is 4.54. The predicted molar refractivity (Wildman–Crippen MR) is 104 cm³/mol. The van der Waals surface area contributed by atoms with Crippen molar-refractivity contribution in [2.75, 3.05) is 6.61 Å². The largest absolute Gasteiger partial charge is 0.463 e. The molecule has 0 bridgehead atoms. The summed E-state index contributed by atoms with van der Waals surface area (Å²) >= 11 is 3.60. The number of rotatable bonds is 3. The number of carbonyl (C=O) groups excluding carboxylic acids is 2. The molecule has 138 valence electrons. The van der Waals surface area contributed by atoms with Crippen molar-refractivity contribution in [2.45, 2.75) is 40.0 Å². The Morgan fingerprint density at radius 3 is 2.65 bits per heavy atom. The average molecular weight is 418 g/mol. The lowest BCUT2D eigenvalue weighted by molar-refractivity contribution is -0.139. The van der Waals surface area contributed by atoms with Gasteiger partial charge in [-0.3, -0.25) is 4.79 Å². The highest BCUT2D eigenvalue weighted by atomic mass is 79.9. The minimum absolute atomic E-state index is 0.148. The summed E-state index contributed by atoms with van der Waals surface area (Å²) in [6.07, 6.45) is 2.59. The normalized spacial score (nSPS) is 24.5. The number of ketones is 1. The number of hydrogen-bond acceptors (Lipinski definition) is 4. The summed E-state index contributed by atoms with van der Waals surface area (Å²) < 4.78 is 6.20. The molecule has 1 heterocycles. The fourth-order valence-electron chi connectivity index (χ4n) is 4.01. The Bertz CT molecular complexity index is 822. The Hall–Kier alpha value is -1.88. The molecule has 2 unspecified atom stereocenters. The number of benzene rings is 1. The maximum absolute atomic E-state index is 13.1. The Labute approximate surface area is 162 Å². The number of allylic oxidation sites excluding steroid dienone is 3. The van der Waals surface area contributed by atoms with Gasteiger partial charge in [0.25, 0.3) is 0 Å². The van der Waals surface area contributed by atoms with Gasteiger partial charge < -0.3 is 10.1 Å². The molecule has 1 aliphatic carbocycles. The molecule has 1 aromatic carbocycles. The van der Waals surface area contributed by atoms with E-state index >= 15 is 0 Å². The average Bonchev–Trinajstić information content (AvgIpc) is 2.53. The highest BCUT2D eigenvalue weighted by molar-refractivity contribution is 9.10. The topological polar surface area (TPSA) is 55.4 Å². The molecule has 0 saturated carbocycles. The molecule has 0 saturated heterocycles. The maximum atomic E-state index is 13.1. The Kier molecular flexibility index (Phi) is 5.11. The first-order valence-electron chi connectivity index (χ1n) is 8.90. The summed E-state index contributed by atoms with van der Waals surface area (Å²) in [5.41, 5.74) is 2.90. The molecule has 2 atom stereocenters. The lowest BCUT2D eigenvalue weighted by Crippen LogP contribution is -2.43. The van der Waals surface area contributed by atoms with Gasteiger partial charge in [0.2, 0.25) is 0 Å². The van der Waals surface area contributed by atoms with Gasteiger partial charge in [0.05, 0.1) is 18.1 Å². The van der Waals surface area contributed by atoms with E-state index in [4.69, 9.17) is 4.74 Å². The predicted octanol–water partition coefficient (Wildman–Crippen LogP) is 4.47. The van der Waals surface area contributed by atoms with Gasteiger partial charge in [-0.05, 0) is 30.9 Å². The SMILES string of the molecule is CCOC(=O)C1=C(C)NC2=CC(C)(C)CC(=O)C2C1c1ccccc1Br. The van der Waals surface area contributed by atoms with Gasteiger partial charge in [0.15, 0.2) is 0 Å². The van der Waals surface area contributed by atoms with Crippen molar-refractivity contribution in [1.29, 1.82) is 0 Å². The quantitative estimate of drug-likeness (QED) is 0.736. The number of halogens is 1. The molecule has 0 amide bonds. The lowest BCUT2D eigenvalue weighted by Gasteiger charge is -2.41. The molecule has 1 N–H and O–H groups in total. The molecule has 5 heteroatoms. The Balaban J connectivity index is 2.22. The summed E-state index contributed by atoms with van der Waals surface area (Å²) in [6.45, 7) is 8.08. The number of esters is 1. The van der Waals surface area contributed by atoms with Crippen LogP contribution in [0.5, 0.6) is 0 Å². The second-order valence-electron chi connectivity index (χ2n) is 7.59. The van der Waals surface area contributed by atoms with E-state index in [1.54, 1.807) is 6.92 Å². The molecular formula is C21H24BrNO3. The number of nitrogens with one attached hydrogen (secondary N) is 1. The highest BCUT2D eigenvalue weighted by Gasteiger charge is 2.46. The van der Waals surface area contributed by atoms with E-state index in [0.29, 0.717) is 18.6 Å². The number of carbonyl (C=O) groups is 2. The molecule has 3 rings (SSSR count). The van der Waals surface area contributed by atoms with E-state index < -0.39 is 5.92 Å². The molecule has 1 aliphatic heterocycles. The van der Waals surface area contributed by atoms with E-state index in [0.717, 1.165) is 21.4 Å². The van der Waals surface area contributed by atoms with E-state index in [1.807, 2.05) is 31.2 Å². The van der Waals surface area contributed by atoms with Crippen molar-refractivity contribution >= 4 is 27.7 Å². The van der Waals surface area contributed by atoms with Gasteiger partial charge in [-0.15, -0.1) is 0 Å². The van der Waals surface area contributed by atoms with E-state index in [-0.39, 0.29) is 23.1 Å². The van der Waals surface area contributed by atoms with Crippen molar-refractivity contribution in [1.82, 2.24) is 5.32 Å². The second kappa shape index (κ2) is 7.03. The number of ether oxygens (including phenoxy) is 1. The van der Waals surface area contributed by atoms with Gasteiger partial charge in [-0.25, -0.2) is 4.79 Å². The summed E-state index contributed by atoms with van der Waals surface area (Å²) in [6, 6.07) is 7.77. The number of fused-ring (bicyclic) bond motifs is 1. The summed E-state index contributed by atoms with van der Waals surface area (Å²) in [5.74, 6) is -0.976. The van der Waals surface area contributed by atoms with Crippen LogP contribution >= 0.6 is 15.9 Å². The molecule has 0 aromatic heterocycles. The van der Waals surface area contributed by atoms with Crippen molar-refractivity contribution in [3.63, 3.8) is 0 Å². The van der Waals surface area contributed by atoms with Gasteiger partial charge in [-0.2, -0.15) is 0 Å². The molecule has 0 fully saturated rings. The van der Waals surface area contributed by atoms with Crippen LogP contribution in [0, 0.1) is 11.3 Å². The lowest BCUT2D eigenvalue weighted by atomic mass is 9.66. The molecule has 1 aromatic rings.